The van der Waals surface area contributed by atoms with Crippen LogP contribution >= 0.6 is 11.8 Å². The maximum absolute atomic E-state index is 11.5. The van der Waals surface area contributed by atoms with Crippen LogP contribution in [0.4, 0.5) is 4.79 Å². The van der Waals surface area contributed by atoms with Gasteiger partial charge < -0.3 is 5.32 Å². The van der Waals surface area contributed by atoms with Crippen molar-refractivity contribution < 1.29 is 9.59 Å². The van der Waals surface area contributed by atoms with Gasteiger partial charge in [-0.25, -0.2) is 9.97 Å². The summed E-state index contributed by atoms with van der Waals surface area (Å²) in [6.45, 7) is 1.10. The average Bonchev–Trinajstić information content (AvgIpc) is 2.84. The molecular formula is C15H18N4O2S. The summed E-state index contributed by atoms with van der Waals surface area (Å²) in [5, 5.41) is 5.41. The summed E-state index contributed by atoms with van der Waals surface area (Å²) < 4.78 is 0. The number of aromatic nitrogens is 2. The maximum Gasteiger partial charge on any atom is 0.290 e. The van der Waals surface area contributed by atoms with Crippen molar-refractivity contribution in [1.82, 2.24) is 20.6 Å². The second kappa shape index (κ2) is 7.02. The molecule has 2 aliphatic heterocycles. The minimum Gasteiger partial charge on any atom is -0.314 e. The number of carbonyl (C=O) groups is 2. The van der Waals surface area contributed by atoms with Crippen LogP contribution in [-0.4, -0.2) is 33.7 Å². The van der Waals surface area contributed by atoms with E-state index in [4.69, 9.17) is 0 Å². The fourth-order valence-electron chi connectivity index (χ4n) is 2.64. The van der Waals surface area contributed by atoms with E-state index in [2.05, 4.69) is 20.6 Å². The molecular weight excluding hydrogens is 300 g/mol. The summed E-state index contributed by atoms with van der Waals surface area (Å²) in [6, 6.07) is 2.29. The Labute approximate surface area is 133 Å². The fraction of sp³-hybridized carbons (Fsp3) is 0.467. The Bertz CT molecular complexity index is 611. The van der Waals surface area contributed by atoms with Gasteiger partial charge in [-0.3, -0.25) is 14.9 Å². The lowest BCUT2D eigenvalue weighted by atomic mass is 10.0. The van der Waals surface area contributed by atoms with Gasteiger partial charge in [0.1, 0.15) is 5.82 Å². The van der Waals surface area contributed by atoms with Gasteiger partial charge in [0.15, 0.2) is 0 Å². The summed E-state index contributed by atoms with van der Waals surface area (Å²) in [7, 11) is 0. The highest BCUT2D eigenvalue weighted by atomic mass is 32.2. The molecule has 2 saturated heterocycles. The molecule has 0 radical (unpaired) electrons. The molecule has 0 spiro atoms. The summed E-state index contributed by atoms with van der Waals surface area (Å²) >= 11 is 0.902. The van der Waals surface area contributed by atoms with Crippen LogP contribution in [0.2, 0.25) is 0 Å². The van der Waals surface area contributed by atoms with Crippen LogP contribution in [0.15, 0.2) is 17.2 Å². The van der Waals surface area contributed by atoms with Crippen molar-refractivity contribution in [2.45, 2.75) is 38.1 Å². The van der Waals surface area contributed by atoms with Crippen LogP contribution in [0.25, 0.3) is 6.08 Å². The third-order valence-electron chi connectivity index (χ3n) is 3.78. The van der Waals surface area contributed by atoms with Gasteiger partial charge in [0, 0.05) is 18.7 Å². The van der Waals surface area contributed by atoms with Gasteiger partial charge in [-0.15, -0.1) is 0 Å². The first-order chi connectivity index (χ1) is 10.7. The largest absolute Gasteiger partial charge is 0.314 e. The lowest BCUT2D eigenvalue weighted by Crippen LogP contribution is -2.34. The van der Waals surface area contributed by atoms with Crippen molar-refractivity contribution in [3.05, 3.63) is 28.7 Å². The number of carbonyl (C=O) groups excluding carboxylic acids is 2. The van der Waals surface area contributed by atoms with Crippen LogP contribution in [-0.2, 0) is 11.2 Å². The first-order valence-electron chi connectivity index (χ1n) is 7.51. The van der Waals surface area contributed by atoms with Crippen molar-refractivity contribution >= 4 is 29.0 Å². The van der Waals surface area contributed by atoms with Crippen molar-refractivity contribution in [2.75, 3.05) is 6.54 Å². The first kappa shape index (κ1) is 15.2. The third kappa shape index (κ3) is 3.92. The van der Waals surface area contributed by atoms with Gasteiger partial charge in [-0.05, 0) is 49.7 Å². The van der Waals surface area contributed by atoms with Gasteiger partial charge in [0.2, 0.25) is 0 Å². The molecule has 7 heteroatoms. The Morgan fingerprint density at radius 1 is 1.36 bits per heavy atom. The summed E-state index contributed by atoms with van der Waals surface area (Å²) in [5.74, 6) is 0.415. The van der Waals surface area contributed by atoms with E-state index < -0.39 is 0 Å². The molecule has 0 aliphatic carbocycles. The number of thioether (sulfide) groups is 1. The second-order valence-corrected chi connectivity index (χ2v) is 6.45. The third-order valence-corrected chi connectivity index (χ3v) is 4.59. The highest BCUT2D eigenvalue weighted by Gasteiger charge is 2.25. The lowest BCUT2D eigenvalue weighted by Gasteiger charge is -2.22. The molecule has 6 nitrogen and oxygen atoms in total. The Morgan fingerprint density at radius 3 is 3.00 bits per heavy atom. The predicted molar refractivity (Wildman–Crippen MR) is 85.1 cm³/mol. The standard InChI is InChI=1S/C15H18N4O2S/c20-14-12(22-15(21)19-14)9-11-6-8-17-13(18-11)5-4-10-3-1-2-7-16-10/h6,8-10,16H,1-5,7H2,(H,19,20,21)/b12-9-. The van der Waals surface area contributed by atoms with E-state index in [0.29, 0.717) is 16.6 Å². The molecule has 2 amide bonds. The van der Waals surface area contributed by atoms with Gasteiger partial charge in [0.25, 0.3) is 11.1 Å². The molecule has 3 rings (SSSR count). The number of piperidine rings is 1. The zero-order valence-corrected chi connectivity index (χ0v) is 13.0. The number of aryl methyl sites for hydroxylation is 1. The van der Waals surface area contributed by atoms with Crippen LogP contribution in [0, 0.1) is 0 Å². The van der Waals surface area contributed by atoms with Gasteiger partial charge in [0.05, 0.1) is 10.6 Å². The Morgan fingerprint density at radius 2 is 2.27 bits per heavy atom. The van der Waals surface area contributed by atoms with Gasteiger partial charge in [-0.1, -0.05) is 6.42 Å². The smallest absolute Gasteiger partial charge is 0.290 e. The fourth-order valence-corrected chi connectivity index (χ4v) is 3.31. The minimum absolute atomic E-state index is 0.339. The van der Waals surface area contributed by atoms with E-state index in [-0.39, 0.29) is 11.1 Å². The Balaban J connectivity index is 1.63. The minimum atomic E-state index is -0.360. The Hall–Kier alpha value is -1.73. The van der Waals surface area contributed by atoms with Gasteiger partial charge in [-0.2, -0.15) is 0 Å². The summed E-state index contributed by atoms with van der Waals surface area (Å²) in [6.07, 6.45) is 8.92. The van der Waals surface area contributed by atoms with E-state index in [9.17, 15) is 9.59 Å². The van der Waals surface area contributed by atoms with Crippen LogP contribution in [0.5, 0.6) is 0 Å². The number of amides is 2. The molecule has 1 aromatic heterocycles. The quantitative estimate of drug-likeness (QED) is 0.825. The molecule has 1 aromatic rings. The van der Waals surface area contributed by atoms with Crippen molar-refractivity contribution in [1.29, 1.82) is 0 Å². The number of hydrogen-bond acceptors (Lipinski definition) is 6. The molecule has 0 aromatic carbocycles. The lowest BCUT2D eigenvalue weighted by molar-refractivity contribution is -0.115. The number of imide groups is 1. The zero-order valence-electron chi connectivity index (χ0n) is 12.2. The Kier molecular flexibility index (Phi) is 4.84. The van der Waals surface area contributed by atoms with Gasteiger partial charge >= 0.3 is 0 Å². The normalized spacial score (nSPS) is 23.8. The molecule has 3 heterocycles. The van der Waals surface area contributed by atoms with E-state index in [0.717, 1.165) is 37.0 Å². The highest BCUT2D eigenvalue weighted by molar-refractivity contribution is 8.18. The van der Waals surface area contributed by atoms with Crippen LogP contribution in [0.3, 0.4) is 0 Å². The first-order valence-corrected chi connectivity index (χ1v) is 8.32. The van der Waals surface area contributed by atoms with Crippen molar-refractivity contribution in [2.24, 2.45) is 0 Å². The molecule has 22 heavy (non-hydrogen) atoms. The highest BCUT2D eigenvalue weighted by Crippen LogP contribution is 2.24. The van der Waals surface area contributed by atoms with Crippen LogP contribution in [0.1, 0.15) is 37.2 Å². The van der Waals surface area contributed by atoms with E-state index in [1.54, 1.807) is 18.3 Å². The molecule has 116 valence electrons. The van der Waals surface area contributed by atoms with Crippen molar-refractivity contribution in [3.8, 4) is 0 Å². The average molecular weight is 318 g/mol. The molecule has 2 aliphatic rings. The zero-order chi connectivity index (χ0) is 15.4. The van der Waals surface area contributed by atoms with Crippen LogP contribution < -0.4 is 10.6 Å². The predicted octanol–water partition coefficient (Wildman–Crippen LogP) is 1.88. The molecule has 0 bridgehead atoms. The van der Waals surface area contributed by atoms with Crippen molar-refractivity contribution in [3.63, 3.8) is 0 Å². The second-order valence-electron chi connectivity index (χ2n) is 5.44. The van der Waals surface area contributed by atoms with E-state index in [1.165, 1.54) is 19.3 Å². The molecule has 0 saturated carbocycles. The molecule has 2 fully saturated rings. The number of nitrogens with zero attached hydrogens (tertiary/aromatic N) is 2. The number of rotatable bonds is 4. The molecule has 1 unspecified atom stereocenters. The SMILES string of the molecule is O=C1NC(=O)/C(=C/c2ccnc(CCC3CCCCN3)n2)S1. The summed E-state index contributed by atoms with van der Waals surface area (Å²) in [5.41, 5.74) is 0.661. The molecule has 1 atom stereocenters. The van der Waals surface area contributed by atoms with E-state index >= 15 is 0 Å². The number of nitrogens with one attached hydrogen (secondary N) is 2. The molecule has 2 N–H and O–H groups in total. The topological polar surface area (TPSA) is 84.0 Å². The monoisotopic (exact) mass is 318 g/mol. The van der Waals surface area contributed by atoms with E-state index in [1.807, 2.05) is 0 Å². The maximum atomic E-state index is 11.5. The summed E-state index contributed by atoms with van der Waals surface area (Å²) in [4.78, 5) is 31.8. The number of hydrogen-bond donors (Lipinski definition) is 2.